The zero-order chi connectivity index (χ0) is 25.5. The van der Waals surface area contributed by atoms with Gasteiger partial charge in [-0.25, -0.2) is 0 Å². The van der Waals surface area contributed by atoms with Crippen molar-refractivity contribution >= 4 is 34.2 Å². The number of hydrogen-bond donors (Lipinski definition) is 0. The van der Waals surface area contributed by atoms with Crippen LogP contribution in [-0.4, -0.2) is 5.91 Å². The number of fused-ring (bicyclic) bond motifs is 2. The predicted molar refractivity (Wildman–Crippen MR) is 145 cm³/mol. The van der Waals surface area contributed by atoms with Crippen LogP contribution in [0.5, 0.6) is 5.75 Å². The highest BCUT2D eigenvalue weighted by Gasteiger charge is 2.43. The van der Waals surface area contributed by atoms with Crippen molar-refractivity contribution in [2.45, 2.75) is 19.6 Å². The van der Waals surface area contributed by atoms with Crippen molar-refractivity contribution in [1.29, 1.82) is 0 Å². The monoisotopic (exact) mass is 507 g/mol. The molecule has 5 nitrogen and oxygen atoms in total. The fourth-order valence-corrected chi connectivity index (χ4v) is 4.92. The highest BCUT2D eigenvalue weighted by Crippen LogP contribution is 2.42. The molecule has 0 fully saturated rings. The number of para-hydroxylation sites is 1. The lowest BCUT2D eigenvalue weighted by Crippen LogP contribution is -2.29. The lowest BCUT2D eigenvalue weighted by Gasteiger charge is -2.26. The molecule has 182 valence electrons. The van der Waals surface area contributed by atoms with Crippen molar-refractivity contribution in [3.05, 3.63) is 140 Å². The first kappa shape index (κ1) is 23.1. The first-order valence-electron chi connectivity index (χ1n) is 11.9. The van der Waals surface area contributed by atoms with E-state index < -0.39 is 11.9 Å². The number of rotatable bonds is 5. The maximum Gasteiger partial charge on any atom is 0.295 e. The van der Waals surface area contributed by atoms with Crippen molar-refractivity contribution < 1.29 is 13.9 Å². The van der Waals surface area contributed by atoms with E-state index in [4.69, 9.17) is 20.8 Å². The zero-order valence-electron chi connectivity index (χ0n) is 20.0. The molecular formula is C31H22ClNO4. The molecule has 0 saturated heterocycles. The van der Waals surface area contributed by atoms with Crippen LogP contribution in [0.2, 0.25) is 5.02 Å². The summed E-state index contributed by atoms with van der Waals surface area (Å²) >= 11 is 6.44. The van der Waals surface area contributed by atoms with E-state index in [-0.39, 0.29) is 11.2 Å². The van der Waals surface area contributed by atoms with Gasteiger partial charge in [0.25, 0.3) is 5.91 Å². The molecule has 0 N–H and O–H groups in total. The van der Waals surface area contributed by atoms with Crippen molar-refractivity contribution in [2.24, 2.45) is 0 Å². The normalized spacial score (nSPS) is 14.7. The van der Waals surface area contributed by atoms with Crippen LogP contribution in [0.15, 0.2) is 106 Å². The van der Waals surface area contributed by atoms with Gasteiger partial charge in [-0.15, -0.1) is 0 Å². The highest BCUT2D eigenvalue weighted by molar-refractivity contribution is 6.31. The fourth-order valence-electron chi connectivity index (χ4n) is 4.75. The van der Waals surface area contributed by atoms with Crippen LogP contribution in [0.4, 0.5) is 5.69 Å². The van der Waals surface area contributed by atoms with Crippen LogP contribution >= 0.6 is 11.6 Å². The molecule has 2 heterocycles. The number of aryl methyl sites for hydroxylation is 1. The topological polar surface area (TPSA) is 59.8 Å². The maximum atomic E-state index is 13.8. The van der Waals surface area contributed by atoms with Crippen LogP contribution in [0, 0.1) is 6.92 Å². The predicted octanol–water partition coefficient (Wildman–Crippen LogP) is 7.08. The summed E-state index contributed by atoms with van der Waals surface area (Å²) in [5.41, 5.74) is 3.70. The second kappa shape index (κ2) is 9.26. The van der Waals surface area contributed by atoms with E-state index in [2.05, 4.69) is 0 Å². The minimum Gasteiger partial charge on any atom is -0.489 e. The minimum atomic E-state index is -0.706. The summed E-state index contributed by atoms with van der Waals surface area (Å²) in [6.45, 7) is 2.30. The summed E-state index contributed by atoms with van der Waals surface area (Å²) in [4.78, 5) is 29.1. The third kappa shape index (κ3) is 4.07. The molecule has 6 heteroatoms. The molecule has 1 aliphatic heterocycles. The smallest absolute Gasteiger partial charge is 0.295 e. The highest BCUT2D eigenvalue weighted by atomic mass is 35.5. The number of carbonyl (C=O) groups is 1. The zero-order valence-corrected chi connectivity index (χ0v) is 20.7. The Morgan fingerprint density at radius 1 is 0.892 bits per heavy atom. The Labute approximate surface area is 218 Å². The van der Waals surface area contributed by atoms with Gasteiger partial charge >= 0.3 is 0 Å². The van der Waals surface area contributed by atoms with E-state index in [0.717, 1.165) is 16.7 Å². The number of ether oxygens (including phenoxy) is 1. The van der Waals surface area contributed by atoms with Crippen LogP contribution in [0.3, 0.4) is 0 Å². The minimum absolute atomic E-state index is 0.0426. The van der Waals surface area contributed by atoms with Gasteiger partial charge in [0, 0.05) is 10.7 Å². The van der Waals surface area contributed by atoms with Gasteiger partial charge in [0.05, 0.1) is 17.0 Å². The first-order chi connectivity index (χ1) is 18.0. The molecule has 5 aromatic rings. The molecule has 0 saturated carbocycles. The Balaban J connectivity index is 1.50. The second-order valence-electron chi connectivity index (χ2n) is 9.03. The molecule has 1 amide bonds. The summed E-state index contributed by atoms with van der Waals surface area (Å²) in [6.07, 6.45) is 0. The van der Waals surface area contributed by atoms with Crippen LogP contribution in [-0.2, 0) is 6.61 Å². The van der Waals surface area contributed by atoms with E-state index in [9.17, 15) is 9.59 Å². The van der Waals surface area contributed by atoms with E-state index >= 15 is 0 Å². The van der Waals surface area contributed by atoms with Gasteiger partial charge in [0.15, 0.2) is 5.43 Å². The molecule has 1 aromatic heterocycles. The molecule has 1 aliphatic rings. The number of carbonyl (C=O) groups excluding carboxylic acids is 1. The van der Waals surface area contributed by atoms with Gasteiger partial charge in [-0.1, -0.05) is 72.3 Å². The Hall–Kier alpha value is -4.35. The molecule has 6 rings (SSSR count). The average Bonchev–Trinajstić information content (AvgIpc) is 3.22. The SMILES string of the molecule is Cc1ccc(N2C(=O)c3oc4ccccc4c(=O)c3C2c2cccc(OCc3ccccc3)c2)cc1Cl. The Bertz CT molecular complexity index is 1710. The number of halogens is 1. The summed E-state index contributed by atoms with van der Waals surface area (Å²) < 4.78 is 12.1. The lowest BCUT2D eigenvalue weighted by molar-refractivity contribution is 0.0971. The summed E-state index contributed by atoms with van der Waals surface area (Å²) in [5.74, 6) is 0.286. The number of benzene rings is 4. The molecule has 4 aromatic carbocycles. The summed E-state index contributed by atoms with van der Waals surface area (Å²) in [7, 11) is 0. The molecule has 0 aliphatic carbocycles. The number of anilines is 1. The van der Waals surface area contributed by atoms with Gasteiger partial charge in [-0.2, -0.15) is 0 Å². The number of nitrogens with zero attached hydrogens (tertiary/aromatic N) is 1. The molecule has 37 heavy (non-hydrogen) atoms. The Morgan fingerprint density at radius 2 is 1.68 bits per heavy atom. The second-order valence-corrected chi connectivity index (χ2v) is 9.44. The lowest BCUT2D eigenvalue weighted by atomic mass is 9.98. The van der Waals surface area contributed by atoms with Crippen LogP contribution in [0.25, 0.3) is 11.0 Å². The van der Waals surface area contributed by atoms with Crippen LogP contribution in [0.1, 0.15) is 38.9 Å². The van der Waals surface area contributed by atoms with E-state index in [1.54, 1.807) is 35.2 Å². The van der Waals surface area contributed by atoms with Gasteiger partial charge in [-0.3, -0.25) is 14.5 Å². The Kier molecular flexibility index (Phi) is 5.78. The first-order valence-corrected chi connectivity index (χ1v) is 12.3. The molecule has 1 unspecified atom stereocenters. The summed E-state index contributed by atoms with van der Waals surface area (Å²) in [6, 6.07) is 29.1. The van der Waals surface area contributed by atoms with Gasteiger partial charge in [0.2, 0.25) is 5.76 Å². The largest absolute Gasteiger partial charge is 0.489 e. The Morgan fingerprint density at radius 3 is 2.49 bits per heavy atom. The van der Waals surface area contributed by atoms with Gasteiger partial charge < -0.3 is 9.15 Å². The van der Waals surface area contributed by atoms with Crippen LogP contribution < -0.4 is 15.1 Å². The summed E-state index contributed by atoms with van der Waals surface area (Å²) in [5, 5.41) is 0.962. The molecule has 1 atom stereocenters. The van der Waals surface area contributed by atoms with Gasteiger partial charge in [-0.05, 0) is 60.0 Å². The van der Waals surface area contributed by atoms with Crippen molar-refractivity contribution in [3.63, 3.8) is 0 Å². The molecule has 0 radical (unpaired) electrons. The standard InChI is InChI=1S/C31H22ClNO4/c1-19-14-15-22(17-25(19)32)33-28(21-10-7-11-23(16-21)36-18-20-8-3-2-4-9-20)27-29(34)24-12-5-6-13-26(24)37-30(27)31(33)35/h2-17,28H,18H2,1H3. The molecule has 0 spiro atoms. The number of amides is 1. The fraction of sp³-hybridized carbons (Fsp3) is 0.0968. The van der Waals surface area contributed by atoms with Crippen molar-refractivity contribution in [3.8, 4) is 5.75 Å². The average molecular weight is 508 g/mol. The van der Waals surface area contributed by atoms with Crippen molar-refractivity contribution in [1.82, 2.24) is 0 Å². The van der Waals surface area contributed by atoms with Gasteiger partial charge in [0.1, 0.15) is 17.9 Å². The quantitative estimate of drug-likeness (QED) is 0.255. The number of hydrogen-bond acceptors (Lipinski definition) is 4. The van der Waals surface area contributed by atoms with Crippen molar-refractivity contribution in [2.75, 3.05) is 4.90 Å². The van der Waals surface area contributed by atoms with E-state index in [0.29, 0.717) is 39.6 Å². The third-order valence-corrected chi connectivity index (χ3v) is 7.04. The molecule has 0 bridgehead atoms. The maximum absolute atomic E-state index is 13.8. The van der Waals surface area contributed by atoms with E-state index in [1.807, 2.05) is 73.7 Å². The third-order valence-electron chi connectivity index (χ3n) is 6.63. The van der Waals surface area contributed by atoms with E-state index in [1.165, 1.54) is 0 Å². The molecular weight excluding hydrogens is 486 g/mol.